The number of ether oxygens (including phenoxy) is 1. The van der Waals surface area contributed by atoms with Gasteiger partial charge in [0.15, 0.2) is 0 Å². The van der Waals surface area contributed by atoms with Gasteiger partial charge in [-0.2, -0.15) is 0 Å². The van der Waals surface area contributed by atoms with Gasteiger partial charge in [0, 0.05) is 11.1 Å². The first-order valence-electron chi connectivity index (χ1n) is 6.64. The lowest BCUT2D eigenvalue weighted by Gasteiger charge is -2.18. The van der Waals surface area contributed by atoms with Crippen LogP contribution in [0.4, 0.5) is 0 Å². The fourth-order valence-corrected chi connectivity index (χ4v) is 2.43. The van der Waals surface area contributed by atoms with Crippen molar-refractivity contribution >= 4 is 11.6 Å². The SMILES string of the molecule is COc1ccc(Cl)cc1-n1cncc1C(N)CC(C)C. The average molecular weight is 294 g/mol. The Hall–Kier alpha value is -1.52. The third-order valence-corrected chi connectivity index (χ3v) is 3.41. The van der Waals surface area contributed by atoms with Crippen LogP contribution in [0.25, 0.3) is 5.69 Å². The van der Waals surface area contributed by atoms with Crippen LogP contribution in [0.3, 0.4) is 0 Å². The van der Waals surface area contributed by atoms with Crippen LogP contribution in [0.5, 0.6) is 5.75 Å². The van der Waals surface area contributed by atoms with Crippen molar-refractivity contribution in [3.63, 3.8) is 0 Å². The van der Waals surface area contributed by atoms with Gasteiger partial charge in [0.2, 0.25) is 0 Å². The Morgan fingerprint density at radius 1 is 1.40 bits per heavy atom. The number of halogens is 1. The highest BCUT2D eigenvalue weighted by Crippen LogP contribution is 2.29. The summed E-state index contributed by atoms with van der Waals surface area (Å²) < 4.78 is 7.33. The van der Waals surface area contributed by atoms with Gasteiger partial charge >= 0.3 is 0 Å². The third-order valence-electron chi connectivity index (χ3n) is 3.17. The molecule has 2 rings (SSSR count). The van der Waals surface area contributed by atoms with Gasteiger partial charge in [-0.25, -0.2) is 4.98 Å². The molecule has 2 N–H and O–H groups in total. The molecule has 1 unspecified atom stereocenters. The molecule has 20 heavy (non-hydrogen) atoms. The number of rotatable bonds is 5. The fraction of sp³-hybridized carbons (Fsp3) is 0.400. The van der Waals surface area contributed by atoms with Crippen LogP contribution in [0.15, 0.2) is 30.7 Å². The highest BCUT2D eigenvalue weighted by Gasteiger charge is 2.16. The van der Waals surface area contributed by atoms with Crippen molar-refractivity contribution in [2.75, 3.05) is 7.11 Å². The van der Waals surface area contributed by atoms with Crippen LogP contribution in [0, 0.1) is 5.92 Å². The van der Waals surface area contributed by atoms with E-state index in [0.29, 0.717) is 10.9 Å². The van der Waals surface area contributed by atoms with E-state index in [0.717, 1.165) is 23.6 Å². The van der Waals surface area contributed by atoms with Gasteiger partial charge in [0.1, 0.15) is 5.75 Å². The second-order valence-electron chi connectivity index (χ2n) is 5.24. The molecule has 0 aliphatic rings. The zero-order valence-corrected chi connectivity index (χ0v) is 12.8. The molecule has 0 aliphatic heterocycles. The second kappa shape index (κ2) is 6.29. The lowest BCUT2D eigenvalue weighted by molar-refractivity contribution is 0.411. The van der Waals surface area contributed by atoms with E-state index >= 15 is 0 Å². The van der Waals surface area contributed by atoms with Gasteiger partial charge in [0.25, 0.3) is 0 Å². The Kier molecular flexibility index (Phi) is 4.68. The zero-order chi connectivity index (χ0) is 14.7. The van der Waals surface area contributed by atoms with Crippen molar-refractivity contribution in [3.8, 4) is 11.4 Å². The Morgan fingerprint density at radius 3 is 2.80 bits per heavy atom. The maximum atomic E-state index is 6.27. The number of methoxy groups -OCH3 is 1. The average Bonchev–Trinajstić information content (AvgIpc) is 2.87. The molecule has 0 saturated carbocycles. The first kappa shape index (κ1) is 14.9. The third kappa shape index (κ3) is 3.14. The van der Waals surface area contributed by atoms with E-state index in [2.05, 4.69) is 18.8 Å². The molecule has 0 bridgehead atoms. The molecule has 1 aromatic carbocycles. The molecule has 4 nitrogen and oxygen atoms in total. The maximum absolute atomic E-state index is 6.27. The lowest BCUT2D eigenvalue weighted by atomic mass is 10.0. The molecule has 0 radical (unpaired) electrons. The smallest absolute Gasteiger partial charge is 0.142 e. The zero-order valence-electron chi connectivity index (χ0n) is 12.0. The van der Waals surface area contributed by atoms with Crippen LogP contribution in [0.1, 0.15) is 32.0 Å². The topological polar surface area (TPSA) is 53.1 Å². The predicted octanol–water partition coefficient (Wildman–Crippen LogP) is 3.58. The lowest BCUT2D eigenvalue weighted by Crippen LogP contribution is -2.16. The second-order valence-corrected chi connectivity index (χ2v) is 5.68. The number of nitrogens with two attached hydrogens (primary N) is 1. The van der Waals surface area contributed by atoms with Gasteiger partial charge in [-0.05, 0) is 30.5 Å². The Labute approximate surface area is 124 Å². The first-order valence-corrected chi connectivity index (χ1v) is 7.02. The molecular weight excluding hydrogens is 274 g/mol. The van der Waals surface area contributed by atoms with Crippen LogP contribution in [-0.2, 0) is 0 Å². The molecule has 0 aliphatic carbocycles. The van der Waals surface area contributed by atoms with Crippen LogP contribution in [-0.4, -0.2) is 16.7 Å². The van der Waals surface area contributed by atoms with Crippen molar-refractivity contribution in [3.05, 3.63) is 41.4 Å². The summed E-state index contributed by atoms with van der Waals surface area (Å²) in [6, 6.07) is 5.43. The fourth-order valence-electron chi connectivity index (χ4n) is 2.26. The van der Waals surface area contributed by atoms with Crippen molar-refractivity contribution in [2.24, 2.45) is 11.7 Å². The van der Waals surface area contributed by atoms with Crippen LogP contribution >= 0.6 is 11.6 Å². The molecule has 1 heterocycles. The molecule has 1 aromatic heterocycles. The summed E-state index contributed by atoms with van der Waals surface area (Å²) in [4.78, 5) is 4.22. The van der Waals surface area contributed by atoms with Crippen molar-refractivity contribution in [1.82, 2.24) is 9.55 Å². The number of nitrogens with zero attached hydrogens (tertiary/aromatic N) is 2. The Morgan fingerprint density at radius 2 is 2.15 bits per heavy atom. The quantitative estimate of drug-likeness (QED) is 0.917. The Balaban J connectivity index is 2.44. The van der Waals surface area contributed by atoms with Gasteiger partial charge < -0.3 is 10.5 Å². The van der Waals surface area contributed by atoms with E-state index in [1.165, 1.54) is 0 Å². The molecule has 0 saturated heterocycles. The minimum atomic E-state index is -0.0683. The summed E-state index contributed by atoms with van der Waals surface area (Å²) in [5, 5.41) is 0.651. The van der Waals surface area contributed by atoms with Gasteiger partial charge in [-0.15, -0.1) is 0 Å². The molecule has 0 amide bonds. The monoisotopic (exact) mass is 293 g/mol. The molecular formula is C15H20ClN3O. The normalized spacial score (nSPS) is 12.7. The van der Waals surface area contributed by atoms with Crippen molar-refractivity contribution in [1.29, 1.82) is 0 Å². The van der Waals surface area contributed by atoms with Crippen molar-refractivity contribution in [2.45, 2.75) is 26.3 Å². The summed E-state index contributed by atoms with van der Waals surface area (Å²) >= 11 is 6.09. The summed E-state index contributed by atoms with van der Waals surface area (Å²) in [5.41, 5.74) is 8.08. The van der Waals surface area contributed by atoms with E-state index in [-0.39, 0.29) is 6.04 Å². The largest absolute Gasteiger partial charge is 0.495 e. The molecule has 0 spiro atoms. The number of hydrogen-bond donors (Lipinski definition) is 1. The molecule has 0 fully saturated rings. The van der Waals surface area contributed by atoms with Crippen LogP contribution in [0.2, 0.25) is 5.02 Å². The van der Waals surface area contributed by atoms with Crippen LogP contribution < -0.4 is 10.5 Å². The number of benzene rings is 1. The summed E-state index contributed by atoms with van der Waals surface area (Å²) in [6.45, 7) is 4.31. The van der Waals surface area contributed by atoms with E-state index in [1.807, 2.05) is 16.7 Å². The number of imidazole rings is 1. The van der Waals surface area contributed by atoms with Crippen molar-refractivity contribution < 1.29 is 4.74 Å². The summed E-state index contributed by atoms with van der Waals surface area (Å²) in [5.74, 6) is 1.26. The molecule has 2 aromatic rings. The number of hydrogen-bond acceptors (Lipinski definition) is 3. The highest BCUT2D eigenvalue weighted by atomic mass is 35.5. The van der Waals surface area contributed by atoms with E-state index in [4.69, 9.17) is 22.1 Å². The van der Waals surface area contributed by atoms with E-state index < -0.39 is 0 Å². The van der Waals surface area contributed by atoms with E-state index in [9.17, 15) is 0 Å². The first-order chi connectivity index (χ1) is 9.52. The molecule has 108 valence electrons. The van der Waals surface area contributed by atoms with E-state index in [1.54, 1.807) is 25.7 Å². The summed E-state index contributed by atoms with van der Waals surface area (Å²) in [6.07, 6.45) is 4.44. The van der Waals surface area contributed by atoms with Gasteiger partial charge in [0.05, 0.1) is 31.0 Å². The minimum Gasteiger partial charge on any atom is -0.495 e. The number of aromatic nitrogens is 2. The minimum absolute atomic E-state index is 0.0683. The Bertz CT molecular complexity index is 580. The summed E-state index contributed by atoms with van der Waals surface area (Å²) in [7, 11) is 1.64. The standard InChI is InChI=1S/C15H20ClN3O/c1-10(2)6-12(17)14-8-18-9-19(14)13-7-11(16)4-5-15(13)20-3/h4-5,7-10,12H,6,17H2,1-3H3. The van der Waals surface area contributed by atoms with Gasteiger partial charge in [-0.1, -0.05) is 25.4 Å². The maximum Gasteiger partial charge on any atom is 0.142 e. The predicted molar refractivity (Wildman–Crippen MR) is 81.5 cm³/mol. The molecule has 5 heteroatoms. The van der Waals surface area contributed by atoms with Gasteiger partial charge in [-0.3, -0.25) is 4.57 Å². The highest BCUT2D eigenvalue weighted by molar-refractivity contribution is 6.30. The molecule has 1 atom stereocenters.